The molecule has 3 heterocycles. The fourth-order valence-electron chi connectivity index (χ4n) is 4.36. The second-order valence-corrected chi connectivity index (χ2v) is 8.27. The lowest BCUT2D eigenvalue weighted by Crippen LogP contribution is -2.36. The van der Waals surface area contributed by atoms with Gasteiger partial charge in [-0.25, -0.2) is 4.39 Å². The summed E-state index contributed by atoms with van der Waals surface area (Å²) >= 11 is 0. The largest absolute Gasteiger partial charge is 0.419 e. The van der Waals surface area contributed by atoms with E-state index in [0.29, 0.717) is 31.3 Å². The first kappa shape index (κ1) is 22.3. The van der Waals surface area contributed by atoms with E-state index in [4.69, 9.17) is 4.74 Å². The van der Waals surface area contributed by atoms with Gasteiger partial charge >= 0.3 is 6.18 Å². The number of alkyl halides is 3. The summed E-state index contributed by atoms with van der Waals surface area (Å²) in [5.74, 6) is -1.36. The molecule has 1 aliphatic heterocycles. The predicted molar refractivity (Wildman–Crippen MR) is 119 cm³/mol. The van der Waals surface area contributed by atoms with Crippen molar-refractivity contribution in [1.29, 1.82) is 0 Å². The van der Waals surface area contributed by atoms with Gasteiger partial charge in [0.25, 0.3) is 5.56 Å². The zero-order chi connectivity index (χ0) is 23.9. The van der Waals surface area contributed by atoms with Crippen molar-refractivity contribution in [2.75, 3.05) is 31.2 Å². The number of hydrogen-bond acceptors (Lipinski definition) is 4. The van der Waals surface area contributed by atoms with Crippen molar-refractivity contribution in [2.45, 2.75) is 19.1 Å². The van der Waals surface area contributed by atoms with Crippen molar-refractivity contribution in [1.82, 2.24) is 9.55 Å². The minimum Gasteiger partial charge on any atom is -0.378 e. The van der Waals surface area contributed by atoms with Crippen LogP contribution in [0.5, 0.6) is 0 Å². The quantitative estimate of drug-likeness (QED) is 0.534. The number of pyridine rings is 2. The van der Waals surface area contributed by atoms with Crippen LogP contribution >= 0.6 is 0 Å². The monoisotopic (exact) mass is 471 g/mol. The molecule has 0 unspecified atom stereocenters. The number of ether oxygens (including phenoxy) is 1. The number of halogens is 4. The van der Waals surface area contributed by atoms with Gasteiger partial charge in [-0.05, 0) is 29.3 Å². The van der Waals surface area contributed by atoms with Gasteiger partial charge in [-0.1, -0.05) is 18.2 Å². The van der Waals surface area contributed by atoms with Crippen LogP contribution in [0.3, 0.4) is 0 Å². The maximum absolute atomic E-state index is 14.4. The Morgan fingerprint density at radius 2 is 1.88 bits per heavy atom. The van der Waals surface area contributed by atoms with Crippen molar-refractivity contribution in [3.8, 4) is 0 Å². The van der Waals surface area contributed by atoms with E-state index in [0.717, 1.165) is 41.7 Å². The molecule has 2 aliphatic rings. The summed E-state index contributed by atoms with van der Waals surface area (Å²) in [6.45, 7) is 2.57. The zero-order valence-electron chi connectivity index (χ0n) is 18.1. The summed E-state index contributed by atoms with van der Waals surface area (Å²) in [7, 11) is 0. The number of benzene rings is 1. The second kappa shape index (κ2) is 8.72. The summed E-state index contributed by atoms with van der Waals surface area (Å²) in [5.41, 5.74) is 2.45. The summed E-state index contributed by atoms with van der Waals surface area (Å²) in [4.78, 5) is 19.6. The van der Waals surface area contributed by atoms with Gasteiger partial charge in [0.15, 0.2) is 0 Å². The molecule has 176 valence electrons. The molecule has 1 saturated heterocycles. The lowest BCUT2D eigenvalue weighted by molar-refractivity contribution is -0.140. The van der Waals surface area contributed by atoms with Crippen LogP contribution in [-0.4, -0.2) is 35.9 Å². The molecule has 0 N–H and O–H groups in total. The minimum atomic E-state index is -4.80. The van der Waals surface area contributed by atoms with Crippen LogP contribution in [0.2, 0.25) is 0 Å². The Morgan fingerprint density at radius 3 is 2.62 bits per heavy atom. The molecule has 1 aromatic carbocycles. The fraction of sp³-hybridized carbons (Fsp3) is 0.280. The topological polar surface area (TPSA) is 47.4 Å². The fourth-order valence-corrected chi connectivity index (χ4v) is 4.36. The second-order valence-electron chi connectivity index (χ2n) is 8.27. The highest BCUT2D eigenvalue weighted by Crippen LogP contribution is 2.34. The highest BCUT2D eigenvalue weighted by molar-refractivity contribution is 5.85. The van der Waals surface area contributed by atoms with Crippen LogP contribution in [0.4, 0.5) is 23.2 Å². The molecule has 1 fully saturated rings. The highest BCUT2D eigenvalue weighted by Gasteiger charge is 2.34. The SMILES string of the molecule is O=c1cc(C2=CCc3ncc(N4CCOCC4)cc32)ccn1Cc1cccc(C(F)(F)F)c1F. The molecule has 2 aromatic heterocycles. The maximum Gasteiger partial charge on any atom is 0.419 e. The zero-order valence-corrected chi connectivity index (χ0v) is 18.1. The van der Waals surface area contributed by atoms with Crippen LogP contribution in [0.1, 0.15) is 27.9 Å². The molecule has 5 rings (SSSR count). The number of aromatic nitrogens is 2. The maximum atomic E-state index is 14.4. The summed E-state index contributed by atoms with van der Waals surface area (Å²) in [6, 6.07) is 8.28. The number of morpholine rings is 1. The van der Waals surface area contributed by atoms with E-state index in [9.17, 15) is 22.4 Å². The molecule has 3 aromatic rings. The van der Waals surface area contributed by atoms with Crippen molar-refractivity contribution in [2.24, 2.45) is 0 Å². The Balaban J connectivity index is 1.42. The number of nitrogens with zero attached hydrogens (tertiary/aromatic N) is 3. The first-order valence-corrected chi connectivity index (χ1v) is 10.9. The van der Waals surface area contributed by atoms with Gasteiger partial charge in [0.1, 0.15) is 5.82 Å². The van der Waals surface area contributed by atoms with Gasteiger partial charge in [-0.2, -0.15) is 13.2 Å². The van der Waals surface area contributed by atoms with Crippen LogP contribution in [0.25, 0.3) is 5.57 Å². The van der Waals surface area contributed by atoms with Crippen LogP contribution in [0, 0.1) is 5.82 Å². The molecule has 9 heteroatoms. The van der Waals surface area contributed by atoms with Crippen molar-refractivity contribution in [3.05, 3.63) is 99.0 Å². The van der Waals surface area contributed by atoms with Crippen LogP contribution < -0.4 is 10.5 Å². The van der Waals surface area contributed by atoms with Gasteiger partial charge in [-0.15, -0.1) is 0 Å². The van der Waals surface area contributed by atoms with Crippen molar-refractivity contribution in [3.63, 3.8) is 0 Å². The molecule has 0 radical (unpaired) electrons. The Kier molecular flexibility index (Phi) is 5.73. The number of allylic oxidation sites excluding steroid dienone is 1. The molecule has 0 amide bonds. The number of anilines is 1. The van der Waals surface area contributed by atoms with Crippen molar-refractivity contribution >= 4 is 11.3 Å². The molecule has 0 atom stereocenters. The first-order valence-electron chi connectivity index (χ1n) is 10.9. The van der Waals surface area contributed by atoms with E-state index in [1.165, 1.54) is 22.9 Å². The molecular formula is C25H21F4N3O2. The van der Waals surface area contributed by atoms with E-state index in [1.54, 1.807) is 6.07 Å². The Morgan fingerprint density at radius 1 is 1.09 bits per heavy atom. The Bertz CT molecular complexity index is 1320. The molecule has 5 nitrogen and oxygen atoms in total. The predicted octanol–water partition coefficient (Wildman–Crippen LogP) is 4.27. The van der Waals surface area contributed by atoms with Crippen molar-refractivity contribution < 1.29 is 22.3 Å². The van der Waals surface area contributed by atoms with Gasteiger partial charge in [0.05, 0.1) is 42.9 Å². The van der Waals surface area contributed by atoms with Crippen LogP contribution in [-0.2, 0) is 23.9 Å². The van der Waals surface area contributed by atoms with E-state index >= 15 is 0 Å². The van der Waals surface area contributed by atoms with Gasteiger partial charge in [0.2, 0.25) is 0 Å². The summed E-state index contributed by atoms with van der Waals surface area (Å²) < 4.78 is 60.0. The van der Waals surface area contributed by atoms with Gasteiger partial charge < -0.3 is 14.2 Å². The normalized spacial score (nSPS) is 15.9. The molecule has 0 spiro atoms. The molecule has 0 saturated carbocycles. The summed E-state index contributed by atoms with van der Waals surface area (Å²) in [5, 5.41) is 0. The van der Waals surface area contributed by atoms with E-state index < -0.39 is 23.1 Å². The van der Waals surface area contributed by atoms with Gasteiger partial charge in [0, 0.05) is 42.9 Å². The third-order valence-corrected chi connectivity index (χ3v) is 6.15. The third kappa shape index (κ3) is 4.23. The number of rotatable bonds is 4. The minimum absolute atomic E-state index is 0.200. The smallest absolute Gasteiger partial charge is 0.378 e. The lowest BCUT2D eigenvalue weighted by atomic mass is 10.0. The molecule has 34 heavy (non-hydrogen) atoms. The number of fused-ring (bicyclic) bond motifs is 1. The van der Waals surface area contributed by atoms with E-state index in [-0.39, 0.29) is 12.1 Å². The highest BCUT2D eigenvalue weighted by atomic mass is 19.4. The third-order valence-electron chi connectivity index (χ3n) is 6.15. The standard InChI is InChI=1S/C25H21F4N3O2/c26-24-17(2-1-3-21(24)25(27,28)29)15-32-7-6-16(12-23(32)33)19-4-5-22-20(19)13-18(14-30-22)31-8-10-34-11-9-31/h1-4,6-7,12-14H,5,8-11,15H2. The molecule has 0 bridgehead atoms. The Hall–Kier alpha value is -3.46. The van der Waals surface area contributed by atoms with E-state index in [2.05, 4.69) is 16.0 Å². The van der Waals surface area contributed by atoms with Crippen LogP contribution in [0.15, 0.2) is 59.7 Å². The average molecular weight is 471 g/mol. The molecular weight excluding hydrogens is 450 g/mol. The van der Waals surface area contributed by atoms with E-state index in [1.807, 2.05) is 12.3 Å². The molecule has 1 aliphatic carbocycles. The Labute approximate surface area is 192 Å². The van der Waals surface area contributed by atoms with Gasteiger partial charge in [-0.3, -0.25) is 9.78 Å². The lowest BCUT2D eigenvalue weighted by Gasteiger charge is -2.29. The first-order chi connectivity index (χ1) is 16.3. The summed E-state index contributed by atoms with van der Waals surface area (Å²) in [6.07, 6.45) is 1.18. The number of hydrogen-bond donors (Lipinski definition) is 0. The average Bonchev–Trinajstić information content (AvgIpc) is 3.25.